The molecular formula is C10H19N3S. The van der Waals surface area contributed by atoms with Crippen molar-refractivity contribution in [2.45, 2.75) is 20.4 Å². The average molecular weight is 213 g/mol. The topological polar surface area (TPSA) is 29.9 Å². The van der Waals surface area contributed by atoms with E-state index in [2.05, 4.69) is 35.0 Å². The Bertz CT molecular complexity index is 258. The van der Waals surface area contributed by atoms with Crippen molar-refractivity contribution in [3.8, 4) is 0 Å². The zero-order valence-electron chi connectivity index (χ0n) is 9.16. The first-order chi connectivity index (χ1) is 6.74. The minimum Gasteiger partial charge on any atom is -0.355 e. The van der Waals surface area contributed by atoms with Gasteiger partial charge in [-0.25, -0.2) is 4.98 Å². The molecule has 0 bridgehead atoms. The minimum absolute atomic E-state index is 0.653. The molecular weight excluding hydrogens is 194 g/mol. The fourth-order valence-corrected chi connectivity index (χ4v) is 1.52. The van der Waals surface area contributed by atoms with Crippen molar-refractivity contribution in [3.05, 3.63) is 12.4 Å². The molecule has 0 amide bonds. The number of nitrogens with one attached hydrogen (secondary N) is 1. The van der Waals surface area contributed by atoms with Crippen molar-refractivity contribution in [3.63, 3.8) is 0 Å². The number of imidazole rings is 1. The fourth-order valence-electron chi connectivity index (χ4n) is 1.14. The van der Waals surface area contributed by atoms with Gasteiger partial charge in [0.1, 0.15) is 0 Å². The summed E-state index contributed by atoms with van der Waals surface area (Å²) in [5.74, 6) is 2.78. The number of aromatic nitrogens is 2. The van der Waals surface area contributed by atoms with Crippen LogP contribution in [0.2, 0.25) is 0 Å². The molecule has 14 heavy (non-hydrogen) atoms. The number of hydrogen-bond acceptors (Lipinski definition) is 3. The second-order valence-electron chi connectivity index (χ2n) is 3.71. The van der Waals surface area contributed by atoms with Gasteiger partial charge in [0.25, 0.3) is 0 Å². The molecule has 0 fully saturated rings. The molecule has 0 radical (unpaired) electrons. The second kappa shape index (κ2) is 5.96. The molecule has 1 N–H and O–H groups in total. The standard InChI is InChI=1S/C10H19N3S/c1-9(2)8-12-10-11-4-5-13(10)6-7-14-3/h4-5,9H,6-8H2,1-3H3,(H,11,12). The summed E-state index contributed by atoms with van der Waals surface area (Å²) in [4.78, 5) is 4.28. The third-order valence-electron chi connectivity index (χ3n) is 1.92. The Hall–Kier alpha value is -0.640. The van der Waals surface area contributed by atoms with E-state index in [9.17, 15) is 0 Å². The van der Waals surface area contributed by atoms with Crippen molar-refractivity contribution in [1.29, 1.82) is 0 Å². The minimum atomic E-state index is 0.653. The van der Waals surface area contributed by atoms with Gasteiger partial charge in [-0.15, -0.1) is 0 Å². The van der Waals surface area contributed by atoms with Gasteiger partial charge in [-0.2, -0.15) is 11.8 Å². The maximum atomic E-state index is 4.28. The molecule has 0 saturated heterocycles. The smallest absolute Gasteiger partial charge is 0.202 e. The monoisotopic (exact) mass is 213 g/mol. The highest BCUT2D eigenvalue weighted by atomic mass is 32.2. The molecule has 1 rings (SSSR count). The van der Waals surface area contributed by atoms with Crippen LogP contribution in [-0.2, 0) is 6.54 Å². The Morgan fingerprint density at radius 3 is 3.00 bits per heavy atom. The molecule has 0 atom stereocenters. The molecule has 0 aliphatic rings. The Morgan fingerprint density at radius 1 is 1.57 bits per heavy atom. The van der Waals surface area contributed by atoms with Crippen LogP contribution in [0.4, 0.5) is 5.95 Å². The summed E-state index contributed by atoms with van der Waals surface area (Å²) < 4.78 is 2.17. The van der Waals surface area contributed by atoms with Gasteiger partial charge in [0.2, 0.25) is 5.95 Å². The van der Waals surface area contributed by atoms with E-state index in [0.29, 0.717) is 5.92 Å². The van der Waals surface area contributed by atoms with Gasteiger partial charge in [-0.1, -0.05) is 13.8 Å². The lowest BCUT2D eigenvalue weighted by Gasteiger charge is -2.10. The third-order valence-corrected chi connectivity index (χ3v) is 2.51. The fraction of sp³-hybridized carbons (Fsp3) is 0.700. The van der Waals surface area contributed by atoms with Gasteiger partial charge in [0.15, 0.2) is 0 Å². The lowest BCUT2D eigenvalue weighted by atomic mass is 10.2. The van der Waals surface area contributed by atoms with Gasteiger partial charge in [-0.3, -0.25) is 0 Å². The molecule has 0 aliphatic carbocycles. The van der Waals surface area contributed by atoms with Crippen LogP contribution in [0, 0.1) is 5.92 Å². The molecule has 0 aromatic carbocycles. The third kappa shape index (κ3) is 3.62. The molecule has 0 unspecified atom stereocenters. The van der Waals surface area contributed by atoms with Gasteiger partial charge in [-0.05, 0) is 12.2 Å². The van der Waals surface area contributed by atoms with Crippen LogP contribution in [0.15, 0.2) is 12.4 Å². The van der Waals surface area contributed by atoms with Crippen molar-refractivity contribution < 1.29 is 0 Å². The lowest BCUT2D eigenvalue weighted by molar-refractivity contribution is 0.674. The van der Waals surface area contributed by atoms with Crippen molar-refractivity contribution >= 4 is 17.7 Å². The molecule has 4 heteroatoms. The summed E-state index contributed by atoms with van der Waals surface area (Å²) in [6.07, 6.45) is 6.00. The summed E-state index contributed by atoms with van der Waals surface area (Å²) in [5, 5.41) is 3.34. The molecule has 1 heterocycles. The Balaban J connectivity index is 2.45. The zero-order chi connectivity index (χ0) is 10.4. The zero-order valence-corrected chi connectivity index (χ0v) is 9.97. The second-order valence-corrected chi connectivity index (χ2v) is 4.70. The summed E-state index contributed by atoms with van der Waals surface area (Å²) in [6.45, 7) is 6.40. The quantitative estimate of drug-likeness (QED) is 0.786. The normalized spacial score (nSPS) is 10.9. The van der Waals surface area contributed by atoms with Crippen LogP contribution < -0.4 is 5.32 Å². The number of anilines is 1. The van der Waals surface area contributed by atoms with E-state index in [1.807, 2.05) is 24.2 Å². The first-order valence-corrected chi connectivity index (χ1v) is 6.37. The highest BCUT2D eigenvalue weighted by molar-refractivity contribution is 7.98. The number of thioether (sulfide) groups is 1. The van der Waals surface area contributed by atoms with Crippen LogP contribution in [0.3, 0.4) is 0 Å². The molecule has 0 aliphatic heterocycles. The number of aryl methyl sites for hydroxylation is 1. The summed E-state index contributed by atoms with van der Waals surface area (Å²) in [7, 11) is 0. The lowest BCUT2D eigenvalue weighted by Crippen LogP contribution is -2.13. The van der Waals surface area contributed by atoms with Crippen LogP contribution in [-0.4, -0.2) is 28.1 Å². The van der Waals surface area contributed by atoms with E-state index in [1.165, 1.54) is 0 Å². The highest BCUT2D eigenvalue weighted by Crippen LogP contribution is 2.06. The van der Waals surface area contributed by atoms with E-state index >= 15 is 0 Å². The van der Waals surface area contributed by atoms with Crippen LogP contribution in [0.25, 0.3) is 0 Å². The molecule has 1 aromatic rings. The van der Waals surface area contributed by atoms with Gasteiger partial charge >= 0.3 is 0 Å². The maximum Gasteiger partial charge on any atom is 0.202 e. The summed E-state index contributed by atoms with van der Waals surface area (Å²) >= 11 is 1.86. The van der Waals surface area contributed by atoms with Crippen molar-refractivity contribution in [1.82, 2.24) is 9.55 Å². The molecule has 0 saturated carbocycles. The van der Waals surface area contributed by atoms with Crippen LogP contribution in [0.1, 0.15) is 13.8 Å². The van der Waals surface area contributed by atoms with Crippen LogP contribution >= 0.6 is 11.8 Å². The SMILES string of the molecule is CSCCn1ccnc1NCC(C)C. The molecule has 80 valence electrons. The van der Waals surface area contributed by atoms with E-state index in [-0.39, 0.29) is 0 Å². The molecule has 3 nitrogen and oxygen atoms in total. The number of hydrogen-bond donors (Lipinski definition) is 1. The molecule has 1 aromatic heterocycles. The van der Waals surface area contributed by atoms with E-state index in [0.717, 1.165) is 24.8 Å². The highest BCUT2D eigenvalue weighted by Gasteiger charge is 2.01. The summed E-state index contributed by atoms with van der Waals surface area (Å²) in [5.41, 5.74) is 0. The van der Waals surface area contributed by atoms with E-state index in [4.69, 9.17) is 0 Å². The van der Waals surface area contributed by atoms with Crippen LogP contribution in [0.5, 0.6) is 0 Å². The van der Waals surface area contributed by atoms with Crippen molar-refractivity contribution in [2.75, 3.05) is 23.9 Å². The van der Waals surface area contributed by atoms with E-state index in [1.54, 1.807) is 0 Å². The predicted molar refractivity (Wildman–Crippen MR) is 63.9 cm³/mol. The van der Waals surface area contributed by atoms with E-state index < -0.39 is 0 Å². The predicted octanol–water partition coefficient (Wildman–Crippen LogP) is 2.31. The molecule has 0 spiro atoms. The van der Waals surface area contributed by atoms with Gasteiger partial charge < -0.3 is 9.88 Å². The Morgan fingerprint density at radius 2 is 2.36 bits per heavy atom. The van der Waals surface area contributed by atoms with Crippen molar-refractivity contribution in [2.24, 2.45) is 5.92 Å². The van der Waals surface area contributed by atoms with Gasteiger partial charge in [0.05, 0.1) is 0 Å². The Labute approximate surface area is 90.3 Å². The Kier molecular flexibility index (Phi) is 4.87. The first kappa shape index (κ1) is 11.4. The average Bonchev–Trinajstić information content (AvgIpc) is 2.58. The largest absolute Gasteiger partial charge is 0.355 e. The van der Waals surface area contributed by atoms with Gasteiger partial charge in [0, 0.05) is 31.2 Å². The first-order valence-electron chi connectivity index (χ1n) is 4.98. The number of rotatable bonds is 6. The summed E-state index contributed by atoms with van der Waals surface area (Å²) in [6, 6.07) is 0. The maximum absolute atomic E-state index is 4.28. The number of nitrogens with zero attached hydrogens (tertiary/aromatic N) is 2.